The Morgan fingerprint density at radius 3 is 2.50 bits per heavy atom. The number of nitrogens with zero attached hydrogens (tertiary/aromatic N) is 2. The highest BCUT2D eigenvalue weighted by atomic mass is 32.2. The molecule has 20 heavy (non-hydrogen) atoms. The molecule has 0 aliphatic carbocycles. The Bertz CT molecular complexity index is 508. The number of carboxylic acid groups (broad SMARTS) is 1. The van der Waals surface area contributed by atoms with Crippen LogP contribution in [0.25, 0.3) is 0 Å². The van der Waals surface area contributed by atoms with Gasteiger partial charge in [0.1, 0.15) is 13.4 Å². The number of aromatic nitrogens is 2. The summed E-state index contributed by atoms with van der Waals surface area (Å²) in [6.45, 7) is -1.19. The summed E-state index contributed by atoms with van der Waals surface area (Å²) in [6.07, 6.45) is 2.77. The summed E-state index contributed by atoms with van der Waals surface area (Å²) in [4.78, 5) is 17.5. The first-order valence-corrected chi connectivity index (χ1v) is 6.87. The van der Waals surface area contributed by atoms with Crippen LogP contribution in [-0.4, -0.2) is 55.6 Å². The Labute approximate surface area is 114 Å². The lowest BCUT2D eigenvalue weighted by Gasteiger charge is -2.07. The molecule has 0 spiro atoms. The van der Waals surface area contributed by atoms with E-state index in [1.807, 2.05) is 0 Å². The van der Waals surface area contributed by atoms with Crippen molar-refractivity contribution in [2.75, 3.05) is 30.9 Å². The van der Waals surface area contributed by atoms with Crippen molar-refractivity contribution in [1.29, 1.82) is 0 Å². The van der Waals surface area contributed by atoms with Crippen molar-refractivity contribution in [2.24, 2.45) is 0 Å². The summed E-state index contributed by atoms with van der Waals surface area (Å²) in [5, 5.41) is 8.25. The van der Waals surface area contributed by atoms with Crippen LogP contribution in [-0.2, 0) is 29.0 Å². The van der Waals surface area contributed by atoms with Gasteiger partial charge in [0.05, 0.1) is 0 Å². The number of sulfonamides is 1. The molecule has 1 aromatic rings. The molecule has 0 atom stereocenters. The van der Waals surface area contributed by atoms with E-state index < -0.39 is 28.5 Å². The first-order valence-electron chi connectivity index (χ1n) is 5.22. The maximum Gasteiger partial charge on any atom is 0.329 e. The zero-order chi connectivity index (χ0) is 14.8. The molecule has 10 nitrogen and oxygen atoms in total. The molecule has 1 rings (SSSR count). The van der Waals surface area contributed by atoms with Crippen molar-refractivity contribution >= 4 is 21.9 Å². The highest BCUT2D eigenvalue weighted by Gasteiger charge is 2.11. The minimum absolute atomic E-state index is 0.0678. The number of aliphatic carboxylic acids is 1. The van der Waals surface area contributed by atoms with Gasteiger partial charge in [0.25, 0.3) is 10.0 Å². The second kappa shape index (κ2) is 8.37. The van der Waals surface area contributed by atoms with Crippen LogP contribution in [0.3, 0.4) is 0 Å². The average Bonchev–Trinajstić information content (AvgIpc) is 2.37. The number of anilines is 1. The van der Waals surface area contributed by atoms with Gasteiger partial charge in [-0.15, -0.1) is 0 Å². The summed E-state index contributed by atoms with van der Waals surface area (Å²) in [7, 11) is -3.75. The minimum atomic E-state index is -3.75. The Kier molecular flexibility index (Phi) is 6.79. The van der Waals surface area contributed by atoms with E-state index in [0.29, 0.717) is 0 Å². The number of ether oxygens (including phenoxy) is 3. The molecule has 0 fully saturated rings. The number of carboxylic acids is 1. The van der Waals surface area contributed by atoms with Gasteiger partial charge in [-0.1, -0.05) is 0 Å². The molecule has 11 heteroatoms. The molecule has 0 aliphatic rings. The lowest BCUT2D eigenvalue weighted by molar-refractivity contribution is -0.156. The second-order valence-corrected chi connectivity index (χ2v) is 4.96. The largest absolute Gasteiger partial charge is 0.480 e. The van der Waals surface area contributed by atoms with Gasteiger partial charge in [0, 0.05) is 12.4 Å². The smallest absolute Gasteiger partial charge is 0.329 e. The summed E-state index contributed by atoms with van der Waals surface area (Å²) in [5.74, 6) is -1.87. The molecule has 0 bridgehead atoms. The van der Waals surface area contributed by atoms with Gasteiger partial charge in [-0.2, -0.15) is 0 Å². The maximum atomic E-state index is 11.5. The topological polar surface area (TPSA) is 137 Å². The van der Waals surface area contributed by atoms with E-state index in [4.69, 9.17) is 14.6 Å². The van der Waals surface area contributed by atoms with Crippen LogP contribution in [0, 0.1) is 0 Å². The average molecular weight is 307 g/mol. The summed E-state index contributed by atoms with van der Waals surface area (Å²) in [5.41, 5.74) is 0. The first-order chi connectivity index (χ1) is 9.49. The summed E-state index contributed by atoms with van der Waals surface area (Å²) < 4.78 is 39.0. The van der Waals surface area contributed by atoms with Crippen LogP contribution < -0.4 is 4.72 Å². The van der Waals surface area contributed by atoms with Crippen molar-refractivity contribution in [1.82, 2.24) is 9.97 Å². The molecule has 0 amide bonds. The van der Waals surface area contributed by atoms with Gasteiger partial charge < -0.3 is 19.3 Å². The van der Waals surface area contributed by atoms with E-state index in [2.05, 4.69) is 19.4 Å². The molecular weight excluding hydrogens is 294 g/mol. The fourth-order valence-corrected chi connectivity index (χ4v) is 1.67. The lowest BCUT2D eigenvalue weighted by Crippen LogP contribution is -2.21. The van der Waals surface area contributed by atoms with Gasteiger partial charge in [-0.3, -0.25) is 0 Å². The third-order valence-corrected chi connectivity index (χ3v) is 2.58. The Balaban J connectivity index is 2.16. The number of rotatable bonds is 10. The van der Waals surface area contributed by atoms with Gasteiger partial charge >= 0.3 is 5.97 Å². The number of nitrogens with one attached hydrogen (secondary N) is 1. The fraction of sp³-hybridized carbons (Fsp3) is 0.444. The normalized spacial score (nSPS) is 11.2. The van der Waals surface area contributed by atoms with E-state index in [9.17, 15) is 13.2 Å². The van der Waals surface area contributed by atoms with Crippen LogP contribution in [0.4, 0.5) is 5.95 Å². The molecule has 112 valence electrons. The van der Waals surface area contributed by atoms with Gasteiger partial charge in [0.2, 0.25) is 5.95 Å². The van der Waals surface area contributed by atoms with Crippen molar-refractivity contribution in [3.8, 4) is 0 Å². The van der Waals surface area contributed by atoms with Gasteiger partial charge in [-0.25, -0.2) is 27.9 Å². The van der Waals surface area contributed by atoms with E-state index >= 15 is 0 Å². The third-order valence-electron chi connectivity index (χ3n) is 1.61. The van der Waals surface area contributed by atoms with Crippen molar-refractivity contribution < 1.29 is 32.5 Å². The van der Waals surface area contributed by atoms with E-state index in [1.165, 1.54) is 12.4 Å². The van der Waals surface area contributed by atoms with Crippen molar-refractivity contribution in [3.63, 3.8) is 0 Å². The standard InChI is InChI=1S/C9H13N3O7S/c13-8(14)4-17-5-18-6-19-7-20(15,16)12-9-10-2-1-3-11-9/h1-3H,4-7H2,(H,13,14)(H,10,11,12). The number of hydrogen-bond donors (Lipinski definition) is 2. The molecule has 0 saturated carbocycles. The minimum Gasteiger partial charge on any atom is -0.480 e. The Morgan fingerprint density at radius 2 is 1.85 bits per heavy atom. The molecule has 0 unspecified atom stereocenters. The Morgan fingerprint density at radius 1 is 1.20 bits per heavy atom. The van der Waals surface area contributed by atoms with Crippen LogP contribution >= 0.6 is 0 Å². The third kappa shape index (κ3) is 7.58. The highest BCUT2D eigenvalue weighted by Crippen LogP contribution is 1.99. The zero-order valence-corrected chi connectivity index (χ0v) is 11.1. The quantitative estimate of drug-likeness (QED) is 0.421. The van der Waals surface area contributed by atoms with Crippen LogP contribution in [0.2, 0.25) is 0 Å². The second-order valence-electron chi connectivity index (χ2n) is 3.29. The van der Waals surface area contributed by atoms with Crippen LogP contribution in [0.15, 0.2) is 18.5 Å². The molecule has 2 N–H and O–H groups in total. The van der Waals surface area contributed by atoms with Crippen LogP contribution in [0.1, 0.15) is 0 Å². The van der Waals surface area contributed by atoms with E-state index in [1.54, 1.807) is 6.07 Å². The number of hydrogen-bond acceptors (Lipinski definition) is 8. The molecule has 1 aromatic heterocycles. The number of carbonyl (C=O) groups is 1. The fourth-order valence-electron chi connectivity index (χ4n) is 0.945. The predicted octanol–water partition coefficient (Wildman–Crippen LogP) is -0.775. The van der Waals surface area contributed by atoms with E-state index in [0.717, 1.165) is 0 Å². The highest BCUT2D eigenvalue weighted by molar-refractivity contribution is 7.92. The molecule has 0 saturated heterocycles. The molecule has 0 aromatic carbocycles. The first kappa shape index (κ1) is 16.2. The SMILES string of the molecule is O=C(O)COCOCOCS(=O)(=O)Nc1ncccn1. The lowest BCUT2D eigenvalue weighted by atomic mass is 10.7. The zero-order valence-electron chi connectivity index (χ0n) is 10.3. The van der Waals surface area contributed by atoms with E-state index in [-0.39, 0.29) is 19.5 Å². The Hall–Kier alpha value is -1.82. The van der Waals surface area contributed by atoms with Crippen LogP contribution in [0.5, 0.6) is 0 Å². The van der Waals surface area contributed by atoms with Gasteiger partial charge in [-0.05, 0) is 6.07 Å². The molecule has 1 heterocycles. The summed E-state index contributed by atoms with van der Waals surface area (Å²) >= 11 is 0. The molecular formula is C9H13N3O7S. The van der Waals surface area contributed by atoms with Crippen molar-refractivity contribution in [3.05, 3.63) is 18.5 Å². The predicted molar refractivity (Wildman–Crippen MR) is 64.9 cm³/mol. The monoisotopic (exact) mass is 307 g/mol. The summed E-state index contributed by atoms with van der Waals surface area (Å²) in [6, 6.07) is 1.54. The molecule has 0 aliphatic heterocycles. The maximum absolute atomic E-state index is 11.5. The van der Waals surface area contributed by atoms with Gasteiger partial charge in [0.15, 0.2) is 12.7 Å². The molecule has 0 radical (unpaired) electrons. The van der Waals surface area contributed by atoms with Crippen molar-refractivity contribution in [2.45, 2.75) is 0 Å².